The molecule has 0 amide bonds. The van der Waals surface area contributed by atoms with E-state index in [9.17, 15) is 9.36 Å². The molecule has 14 heavy (non-hydrogen) atoms. The first kappa shape index (κ1) is 13.2. The molecule has 2 N–H and O–H groups in total. The van der Waals surface area contributed by atoms with Crippen molar-refractivity contribution in [3.05, 3.63) is 11.8 Å². The van der Waals surface area contributed by atoms with E-state index in [0.29, 0.717) is 0 Å². The average molecular weight is 224 g/mol. The van der Waals surface area contributed by atoms with Crippen molar-refractivity contribution in [2.24, 2.45) is 0 Å². The Kier molecular flexibility index (Phi) is 5.45. The number of esters is 1. The monoisotopic (exact) mass is 224 g/mol. The Morgan fingerprint density at radius 3 is 2.29 bits per heavy atom. The van der Waals surface area contributed by atoms with Crippen LogP contribution in [0.2, 0.25) is 0 Å². The van der Waals surface area contributed by atoms with Crippen LogP contribution in [0.1, 0.15) is 6.92 Å². The first-order chi connectivity index (χ1) is 6.47. The fourth-order valence-electron chi connectivity index (χ4n) is 0.616. The van der Waals surface area contributed by atoms with Gasteiger partial charge in [-0.05, 0) is 6.92 Å². The second-order valence-electron chi connectivity index (χ2n) is 2.47. The summed E-state index contributed by atoms with van der Waals surface area (Å²) in [5, 5.41) is 17.3. The Morgan fingerprint density at radius 1 is 1.43 bits per heavy atom. The molecule has 0 fully saturated rings. The van der Waals surface area contributed by atoms with Crippen LogP contribution < -0.4 is 0 Å². The van der Waals surface area contributed by atoms with E-state index in [4.69, 9.17) is 14.7 Å². The van der Waals surface area contributed by atoms with Crippen LogP contribution in [0.3, 0.4) is 0 Å². The van der Waals surface area contributed by atoms with Crippen LogP contribution in [-0.2, 0) is 18.6 Å². The van der Waals surface area contributed by atoms with Crippen molar-refractivity contribution in [2.45, 2.75) is 6.92 Å². The minimum absolute atomic E-state index is 0.0169. The normalized spacial score (nSPS) is 12.4. The van der Waals surface area contributed by atoms with Crippen molar-refractivity contribution >= 4 is 13.3 Å². The maximum atomic E-state index is 11.3. The molecule has 0 unspecified atom stereocenters. The highest BCUT2D eigenvalue weighted by Crippen LogP contribution is 2.46. The van der Waals surface area contributed by atoms with Gasteiger partial charge in [-0.25, -0.2) is 4.79 Å². The third-order valence-electron chi connectivity index (χ3n) is 1.26. The smallest absolute Gasteiger partial charge is 0.333 e. The SMILES string of the molecule is COC(=O)C=C(C)OP(=O)(CO)CO. The minimum Gasteiger partial charge on any atom is -0.466 e. The summed E-state index contributed by atoms with van der Waals surface area (Å²) in [5.41, 5.74) is 0. The van der Waals surface area contributed by atoms with E-state index in [1.54, 1.807) is 0 Å². The molecule has 0 aliphatic rings. The van der Waals surface area contributed by atoms with Crippen LogP contribution in [0.15, 0.2) is 11.8 Å². The van der Waals surface area contributed by atoms with Gasteiger partial charge in [-0.3, -0.25) is 4.57 Å². The lowest BCUT2D eigenvalue weighted by Gasteiger charge is -2.14. The Labute approximate surface area is 81.6 Å². The molecule has 7 heteroatoms. The van der Waals surface area contributed by atoms with Gasteiger partial charge in [0, 0.05) is 0 Å². The molecule has 0 aromatic rings. The number of allylic oxidation sites excluding steroid dienone is 1. The van der Waals surface area contributed by atoms with Gasteiger partial charge in [0.1, 0.15) is 18.5 Å². The van der Waals surface area contributed by atoms with Crippen molar-refractivity contribution in [3.63, 3.8) is 0 Å². The maximum Gasteiger partial charge on any atom is 0.333 e. The molecule has 0 bridgehead atoms. The molecule has 0 spiro atoms. The van der Waals surface area contributed by atoms with Gasteiger partial charge in [-0.15, -0.1) is 0 Å². The second-order valence-corrected chi connectivity index (χ2v) is 4.84. The average Bonchev–Trinajstić information content (AvgIpc) is 2.17. The van der Waals surface area contributed by atoms with Crippen LogP contribution in [0.25, 0.3) is 0 Å². The van der Waals surface area contributed by atoms with E-state index in [1.807, 2.05) is 0 Å². The van der Waals surface area contributed by atoms with Gasteiger partial charge in [0.05, 0.1) is 13.2 Å². The van der Waals surface area contributed by atoms with Crippen LogP contribution in [0.4, 0.5) is 0 Å². The van der Waals surface area contributed by atoms with Crippen molar-refractivity contribution in [2.75, 3.05) is 19.8 Å². The number of aliphatic hydroxyl groups excluding tert-OH is 2. The fraction of sp³-hybridized carbons (Fsp3) is 0.571. The topological polar surface area (TPSA) is 93.1 Å². The second kappa shape index (κ2) is 5.80. The molecule has 0 heterocycles. The zero-order valence-corrected chi connectivity index (χ0v) is 8.86. The summed E-state index contributed by atoms with van der Waals surface area (Å²) in [7, 11) is -2.28. The standard InChI is InChI=1S/C7H13O6P/c1-6(3-7(10)12-2)13-14(11,4-8)5-9/h3,8-9H,4-5H2,1-2H3. The third kappa shape index (κ3) is 4.41. The molecule has 0 saturated carbocycles. The Bertz CT molecular complexity index is 263. The molecule has 0 saturated heterocycles. The molecule has 6 nitrogen and oxygen atoms in total. The summed E-state index contributed by atoms with van der Waals surface area (Å²) in [6.07, 6.45) is -0.594. The number of ether oxygens (including phenoxy) is 1. The van der Waals surface area contributed by atoms with Crippen LogP contribution in [0.5, 0.6) is 0 Å². The zero-order chi connectivity index (χ0) is 11.2. The summed E-state index contributed by atoms with van der Waals surface area (Å²) in [4.78, 5) is 10.7. The van der Waals surface area contributed by atoms with Crippen molar-refractivity contribution in [1.82, 2.24) is 0 Å². The number of hydrogen-bond acceptors (Lipinski definition) is 6. The van der Waals surface area contributed by atoms with Crippen LogP contribution in [-0.4, -0.2) is 36.0 Å². The van der Waals surface area contributed by atoms with Crippen molar-refractivity contribution < 1.29 is 28.8 Å². The van der Waals surface area contributed by atoms with E-state index < -0.39 is 26.0 Å². The Hall–Kier alpha value is -0.840. The van der Waals surface area contributed by atoms with Gasteiger partial charge >= 0.3 is 5.97 Å². The van der Waals surface area contributed by atoms with E-state index in [-0.39, 0.29) is 5.76 Å². The molecule has 0 rings (SSSR count). The summed E-state index contributed by atoms with van der Waals surface area (Å²) in [5.74, 6) is -0.645. The molecule has 0 atom stereocenters. The molecule has 0 aliphatic carbocycles. The zero-order valence-electron chi connectivity index (χ0n) is 7.97. The fourth-order valence-corrected chi connectivity index (χ4v) is 1.40. The van der Waals surface area contributed by atoms with Gasteiger partial charge in [0.25, 0.3) is 7.37 Å². The van der Waals surface area contributed by atoms with Gasteiger partial charge in [0.15, 0.2) is 0 Å². The number of rotatable bonds is 5. The van der Waals surface area contributed by atoms with E-state index in [1.165, 1.54) is 14.0 Å². The summed E-state index contributed by atoms with van der Waals surface area (Å²) < 4.78 is 20.3. The number of methoxy groups -OCH3 is 1. The highest BCUT2D eigenvalue weighted by atomic mass is 31.2. The quantitative estimate of drug-likeness (QED) is 0.301. The molecular weight excluding hydrogens is 211 g/mol. The highest BCUT2D eigenvalue weighted by molar-refractivity contribution is 7.58. The summed E-state index contributed by atoms with van der Waals surface area (Å²) in [6.45, 7) is 1.37. The predicted octanol–water partition coefficient (Wildman–Crippen LogP) is 0.257. The van der Waals surface area contributed by atoms with Crippen LogP contribution in [0, 0.1) is 0 Å². The maximum absolute atomic E-state index is 11.3. The molecule has 0 aromatic heterocycles. The third-order valence-corrected chi connectivity index (χ3v) is 2.75. The lowest BCUT2D eigenvalue weighted by molar-refractivity contribution is -0.135. The van der Waals surface area contributed by atoms with Gasteiger partial charge in [0.2, 0.25) is 0 Å². The van der Waals surface area contributed by atoms with Crippen molar-refractivity contribution in [1.29, 1.82) is 0 Å². The summed E-state index contributed by atoms with van der Waals surface area (Å²) >= 11 is 0. The highest BCUT2D eigenvalue weighted by Gasteiger charge is 2.22. The number of carbonyl (C=O) groups is 1. The molecular formula is C7H13O6P. The van der Waals surface area contributed by atoms with E-state index >= 15 is 0 Å². The lowest BCUT2D eigenvalue weighted by atomic mass is 10.5. The van der Waals surface area contributed by atoms with E-state index in [2.05, 4.69) is 4.74 Å². The minimum atomic E-state index is -3.47. The summed E-state index contributed by atoms with van der Waals surface area (Å²) in [6, 6.07) is 0. The predicted molar refractivity (Wildman–Crippen MR) is 48.6 cm³/mol. The number of carbonyl (C=O) groups excluding carboxylic acids is 1. The van der Waals surface area contributed by atoms with Gasteiger partial charge in [-0.2, -0.15) is 0 Å². The molecule has 0 aromatic carbocycles. The van der Waals surface area contributed by atoms with Gasteiger partial charge in [-0.1, -0.05) is 0 Å². The van der Waals surface area contributed by atoms with E-state index in [0.717, 1.165) is 6.08 Å². The first-order valence-electron chi connectivity index (χ1n) is 3.73. The number of aliphatic hydroxyl groups is 2. The Morgan fingerprint density at radius 2 is 1.93 bits per heavy atom. The lowest BCUT2D eigenvalue weighted by Crippen LogP contribution is -2.01. The van der Waals surface area contributed by atoms with Crippen molar-refractivity contribution in [3.8, 4) is 0 Å². The van der Waals surface area contributed by atoms with Crippen LogP contribution >= 0.6 is 7.37 Å². The molecule has 0 aliphatic heterocycles. The molecule has 0 radical (unpaired) electrons. The number of hydrogen-bond donors (Lipinski definition) is 2. The molecule has 82 valence electrons. The van der Waals surface area contributed by atoms with Gasteiger partial charge < -0.3 is 19.5 Å². The first-order valence-corrected chi connectivity index (χ1v) is 5.72. The largest absolute Gasteiger partial charge is 0.466 e. The Balaban J connectivity index is 4.44.